The molecule has 1 aromatic heterocycles. The van der Waals surface area contributed by atoms with Crippen LogP contribution in [-0.2, 0) is 4.74 Å². The van der Waals surface area contributed by atoms with Crippen molar-refractivity contribution in [3.8, 4) is 12.3 Å². The molecule has 0 radical (unpaired) electrons. The van der Waals surface area contributed by atoms with Crippen molar-refractivity contribution in [2.24, 2.45) is 0 Å². The topological polar surface area (TPSA) is 42.4 Å². The summed E-state index contributed by atoms with van der Waals surface area (Å²) in [5, 5.41) is 0. The molecule has 0 N–H and O–H groups in total. The first-order chi connectivity index (χ1) is 8.35. The number of pyridine rings is 1. The molecule has 1 rings (SSSR count). The molecule has 5 heteroatoms. The van der Waals surface area contributed by atoms with Gasteiger partial charge in [-0.2, -0.15) is 0 Å². The molecule has 0 aromatic carbocycles. The van der Waals surface area contributed by atoms with E-state index in [1.54, 1.807) is 39.1 Å². The van der Waals surface area contributed by atoms with Gasteiger partial charge >= 0.3 is 6.09 Å². The zero-order valence-electron chi connectivity index (χ0n) is 10.6. The van der Waals surface area contributed by atoms with E-state index >= 15 is 0 Å². The van der Waals surface area contributed by atoms with E-state index in [4.69, 9.17) is 11.2 Å². The number of rotatable bonds is 2. The predicted octanol–water partition coefficient (Wildman–Crippen LogP) is 3.22. The lowest BCUT2D eigenvalue weighted by molar-refractivity contribution is 0.0584. The molecule has 0 unspecified atom stereocenters. The van der Waals surface area contributed by atoms with Gasteiger partial charge in [-0.1, -0.05) is 5.92 Å². The molecular weight excluding hydrogens is 296 g/mol. The quantitative estimate of drug-likeness (QED) is 0.788. The maximum Gasteiger partial charge on any atom is 0.416 e. The van der Waals surface area contributed by atoms with Crippen molar-refractivity contribution < 1.29 is 9.53 Å². The molecule has 1 aromatic rings. The normalized spacial score (nSPS) is 10.6. The number of aromatic nitrogens is 1. The monoisotopic (exact) mass is 310 g/mol. The second kappa shape index (κ2) is 5.87. The van der Waals surface area contributed by atoms with Crippen LogP contribution in [0.15, 0.2) is 22.8 Å². The number of carbonyl (C=O) groups excluding carboxylic acids is 1. The Kier molecular flexibility index (Phi) is 4.74. The highest BCUT2D eigenvalue weighted by Crippen LogP contribution is 2.24. The summed E-state index contributed by atoms with van der Waals surface area (Å²) >= 11 is 3.33. The maximum atomic E-state index is 12.0. The summed E-state index contributed by atoms with van der Waals surface area (Å²) < 4.78 is 5.98. The van der Waals surface area contributed by atoms with Gasteiger partial charge in [0.05, 0.1) is 11.0 Å². The summed E-state index contributed by atoms with van der Waals surface area (Å²) in [5.41, 5.74) is -0.578. The lowest BCUT2D eigenvalue weighted by atomic mass is 10.2. The van der Waals surface area contributed by atoms with Crippen LogP contribution < -0.4 is 4.90 Å². The number of carbonyl (C=O) groups is 1. The fourth-order valence-corrected chi connectivity index (χ4v) is 1.68. The van der Waals surface area contributed by atoms with Gasteiger partial charge in [-0.15, -0.1) is 6.42 Å². The van der Waals surface area contributed by atoms with E-state index in [-0.39, 0.29) is 6.54 Å². The predicted molar refractivity (Wildman–Crippen MR) is 74.4 cm³/mol. The summed E-state index contributed by atoms with van der Waals surface area (Å²) in [6, 6.07) is 3.55. The van der Waals surface area contributed by atoms with Crippen molar-refractivity contribution in [3.63, 3.8) is 0 Å². The Morgan fingerprint density at radius 3 is 2.78 bits per heavy atom. The van der Waals surface area contributed by atoms with Crippen LogP contribution in [0.5, 0.6) is 0 Å². The minimum absolute atomic E-state index is 0.102. The number of terminal acetylenes is 1. The Morgan fingerprint density at radius 2 is 2.28 bits per heavy atom. The Labute approximate surface area is 115 Å². The van der Waals surface area contributed by atoms with Crippen molar-refractivity contribution in [3.05, 3.63) is 22.8 Å². The fourth-order valence-electron chi connectivity index (χ4n) is 1.21. The zero-order valence-corrected chi connectivity index (χ0v) is 12.2. The minimum Gasteiger partial charge on any atom is -0.443 e. The lowest BCUT2D eigenvalue weighted by Gasteiger charge is -2.25. The largest absolute Gasteiger partial charge is 0.443 e. The van der Waals surface area contributed by atoms with E-state index in [0.29, 0.717) is 10.3 Å². The van der Waals surface area contributed by atoms with E-state index in [9.17, 15) is 4.79 Å². The highest BCUT2D eigenvalue weighted by Gasteiger charge is 2.24. The average molecular weight is 311 g/mol. The first-order valence-corrected chi connectivity index (χ1v) is 6.19. The van der Waals surface area contributed by atoms with Crippen molar-refractivity contribution in [2.45, 2.75) is 26.4 Å². The van der Waals surface area contributed by atoms with Crippen LogP contribution in [-0.4, -0.2) is 23.2 Å². The first kappa shape index (κ1) is 14.5. The van der Waals surface area contributed by atoms with Gasteiger partial charge in [-0.05, 0) is 48.8 Å². The standard InChI is InChI=1S/C13H15BrN2O2/c1-5-9-16(12(17)18-13(2,3)4)11-10(14)7-6-8-15-11/h1,6-8H,9H2,2-4H3. The SMILES string of the molecule is C#CCN(C(=O)OC(C)(C)C)c1ncccc1Br. The molecule has 0 bridgehead atoms. The minimum atomic E-state index is -0.578. The summed E-state index contributed by atoms with van der Waals surface area (Å²) in [4.78, 5) is 17.5. The third-order valence-electron chi connectivity index (χ3n) is 1.86. The summed E-state index contributed by atoms with van der Waals surface area (Å²) in [5.74, 6) is 2.87. The molecule has 1 heterocycles. The van der Waals surface area contributed by atoms with Crippen LogP contribution in [0.4, 0.5) is 10.6 Å². The van der Waals surface area contributed by atoms with Gasteiger partial charge in [-0.3, -0.25) is 0 Å². The van der Waals surface area contributed by atoms with Crippen molar-refractivity contribution >= 4 is 27.8 Å². The molecule has 0 aliphatic rings. The van der Waals surface area contributed by atoms with Gasteiger partial charge in [0, 0.05) is 6.20 Å². The number of hydrogen-bond donors (Lipinski definition) is 0. The van der Waals surface area contributed by atoms with Crippen molar-refractivity contribution in [1.82, 2.24) is 4.98 Å². The molecule has 4 nitrogen and oxygen atoms in total. The smallest absolute Gasteiger partial charge is 0.416 e. The van der Waals surface area contributed by atoms with Crippen LogP contribution >= 0.6 is 15.9 Å². The maximum absolute atomic E-state index is 12.0. The van der Waals surface area contributed by atoms with Crippen LogP contribution in [0.1, 0.15) is 20.8 Å². The number of anilines is 1. The van der Waals surface area contributed by atoms with Crippen LogP contribution in [0.2, 0.25) is 0 Å². The molecule has 0 saturated carbocycles. The molecule has 0 spiro atoms. The van der Waals surface area contributed by atoms with E-state index < -0.39 is 11.7 Å². The molecule has 0 fully saturated rings. The molecule has 1 amide bonds. The first-order valence-electron chi connectivity index (χ1n) is 5.39. The third-order valence-corrected chi connectivity index (χ3v) is 2.48. The third kappa shape index (κ3) is 4.04. The molecule has 96 valence electrons. The Morgan fingerprint density at radius 1 is 1.61 bits per heavy atom. The van der Waals surface area contributed by atoms with E-state index in [0.717, 1.165) is 0 Å². The van der Waals surface area contributed by atoms with Gasteiger partial charge in [0.2, 0.25) is 0 Å². The van der Waals surface area contributed by atoms with Crippen LogP contribution in [0.25, 0.3) is 0 Å². The second-order valence-electron chi connectivity index (χ2n) is 4.58. The fraction of sp³-hybridized carbons (Fsp3) is 0.385. The molecular formula is C13H15BrN2O2. The van der Waals surface area contributed by atoms with Gasteiger partial charge in [0.25, 0.3) is 0 Å². The number of ether oxygens (including phenoxy) is 1. The van der Waals surface area contributed by atoms with Gasteiger partial charge < -0.3 is 4.74 Å². The highest BCUT2D eigenvalue weighted by atomic mass is 79.9. The lowest BCUT2D eigenvalue weighted by Crippen LogP contribution is -2.37. The molecule has 18 heavy (non-hydrogen) atoms. The molecule has 0 atom stereocenters. The Bertz CT molecular complexity index is 475. The molecule has 0 aliphatic carbocycles. The zero-order chi connectivity index (χ0) is 13.8. The van der Waals surface area contributed by atoms with Gasteiger partial charge in [-0.25, -0.2) is 14.7 Å². The van der Waals surface area contributed by atoms with Crippen molar-refractivity contribution in [1.29, 1.82) is 0 Å². The van der Waals surface area contributed by atoms with Gasteiger partial charge in [0.15, 0.2) is 5.82 Å². The van der Waals surface area contributed by atoms with E-state index in [1.165, 1.54) is 4.90 Å². The van der Waals surface area contributed by atoms with Crippen molar-refractivity contribution in [2.75, 3.05) is 11.4 Å². The highest BCUT2D eigenvalue weighted by molar-refractivity contribution is 9.10. The average Bonchev–Trinajstić information content (AvgIpc) is 2.24. The number of halogens is 1. The van der Waals surface area contributed by atoms with E-state index in [1.807, 2.05) is 0 Å². The number of hydrogen-bond acceptors (Lipinski definition) is 3. The summed E-state index contributed by atoms with van der Waals surface area (Å²) in [7, 11) is 0. The Hall–Kier alpha value is -1.54. The molecule has 0 aliphatic heterocycles. The summed E-state index contributed by atoms with van der Waals surface area (Å²) in [6.07, 6.45) is 6.35. The number of amides is 1. The Balaban J connectivity index is 3.01. The van der Waals surface area contributed by atoms with Crippen LogP contribution in [0, 0.1) is 12.3 Å². The second-order valence-corrected chi connectivity index (χ2v) is 5.43. The summed E-state index contributed by atoms with van der Waals surface area (Å²) in [6.45, 7) is 5.50. The van der Waals surface area contributed by atoms with Gasteiger partial charge in [0.1, 0.15) is 5.60 Å². The van der Waals surface area contributed by atoms with E-state index in [2.05, 4.69) is 26.8 Å². The number of nitrogens with zero attached hydrogens (tertiary/aromatic N) is 2. The van der Waals surface area contributed by atoms with Crippen LogP contribution in [0.3, 0.4) is 0 Å². The molecule has 0 saturated heterocycles.